The molecule has 1 saturated carbocycles. The molecule has 0 amide bonds. The van der Waals surface area contributed by atoms with Crippen molar-refractivity contribution in [2.45, 2.75) is 57.5 Å². The Hall–Kier alpha value is -0.870. The summed E-state index contributed by atoms with van der Waals surface area (Å²) < 4.78 is 0. The predicted octanol–water partition coefficient (Wildman–Crippen LogP) is 3.82. The van der Waals surface area contributed by atoms with E-state index in [2.05, 4.69) is 12.2 Å². The molecular formula is C15H23NO2S. The first-order chi connectivity index (χ1) is 9.19. The Kier molecular flexibility index (Phi) is 5.40. The lowest BCUT2D eigenvalue weighted by Gasteiger charge is -2.31. The molecule has 1 aromatic heterocycles. The van der Waals surface area contributed by atoms with Gasteiger partial charge in [0.25, 0.3) is 0 Å². The molecule has 0 aliphatic heterocycles. The number of carbonyl (C=O) groups is 1. The van der Waals surface area contributed by atoms with Gasteiger partial charge in [0, 0.05) is 10.9 Å². The standard InChI is InChI=1S/C15H23NO2S/c1-2-11-5-7-12(8-6-11)16-13(10-15(17)18)14-4-3-9-19-14/h3-4,9,11-13,16H,2,5-8,10H2,1H3,(H,17,18). The number of hydrogen-bond donors (Lipinski definition) is 2. The minimum atomic E-state index is -0.729. The Morgan fingerprint density at radius 1 is 1.47 bits per heavy atom. The first kappa shape index (κ1) is 14.5. The van der Waals surface area contributed by atoms with E-state index in [4.69, 9.17) is 5.11 Å². The van der Waals surface area contributed by atoms with Gasteiger partial charge in [0.2, 0.25) is 0 Å². The van der Waals surface area contributed by atoms with Gasteiger partial charge in [-0.05, 0) is 43.0 Å². The van der Waals surface area contributed by atoms with E-state index >= 15 is 0 Å². The monoisotopic (exact) mass is 281 g/mol. The summed E-state index contributed by atoms with van der Waals surface area (Å²) in [5.41, 5.74) is 0. The third-order valence-electron chi connectivity index (χ3n) is 4.13. The van der Waals surface area contributed by atoms with Crippen LogP contribution in [-0.4, -0.2) is 17.1 Å². The van der Waals surface area contributed by atoms with Crippen molar-refractivity contribution in [1.29, 1.82) is 0 Å². The van der Waals surface area contributed by atoms with E-state index in [0.717, 1.165) is 10.8 Å². The molecule has 0 aromatic carbocycles. The molecule has 19 heavy (non-hydrogen) atoms. The molecular weight excluding hydrogens is 258 g/mol. The molecule has 1 aliphatic carbocycles. The zero-order chi connectivity index (χ0) is 13.7. The molecule has 1 aromatic rings. The fraction of sp³-hybridized carbons (Fsp3) is 0.667. The number of aliphatic carboxylic acids is 1. The fourth-order valence-corrected chi connectivity index (χ4v) is 3.71. The highest BCUT2D eigenvalue weighted by Crippen LogP contribution is 2.29. The van der Waals surface area contributed by atoms with Crippen LogP contribution in [0, 0.1) is 5.92 Å². The summed E-state index contributed by atoms with van der Waals surface area (Å²) >= 11 is 1.64. The smallest absolute Gasteiger partial charge is 0.305 e. The highest BCUT2D eigenvalue weighted by atomic mass is 32.1. The minimum absolute atomic E-state index is 0.0272. The second kappa shape index (κ2) is 7.06. The lowest BCUT2D eigenvalue weighted by molar-refractivity contribution is -0.137. The topological polar surface area (TPSA) is 49.3 Å². The highest BCUT2D eigenvalue weighted by Gasteiger charge is 2.24. The van der Waals surface area contributed by atoms with E-state index in [1.54, 1.807) is 11.3 Å². The van der Waals surface area contributed by atoms with Crippen LogP contribution in [0.3, 0.4) is 0 Å². The lowest BCUT2D eigenvalue weighted by atomic mass is 9.84. The van der Waals surface area contributed by atoms with Crippen LogP contribution in [0.4, 0.5) is 0 Å². The third-order valence-corrected chi connectivity index (χ3v) is 5.11. The third kappa shape index (κ3) is 4.32. The maximum absolute atomic E-state index is 11.0. The van der Waals surface area contributed by atoms with Crippen LogP contribution < -0.4 is 5.32 Å². The van der Waals surface area contributed by atoms with Crippen molar-refractivity contribution in [3.05, 3.63) is 22.4 Å². The van der Waals surface area contributed by atoms with Gasteiger partial charge in [-0.1, -0.05) is 19.4 Å². The highest BCUT2D eigenvalue weighted by molar-refractivity contribution is 7.10. The zero-order valence-electron chi connectivity index (χ0n) is 11.5. The van der Waals surface area contributed by atoms with Gasteiger partial charge in [0.15, 0.2) is 0 Å². The lowest BCUT2D eigenvalue weighted by Crippen LogP contribution is -2.36. The molecule has 3 nitrogen and oxygen atoms in total. The van der Waals surface area contributed by atoms with Gasteiger partial charge in [-0.25, -0.2) is 0 Å². The van der Waals surface area contributed by atoms with Crippen molar-refractivity contribution in [3.63, 3.8) is 0 Å². The molecule has 1 fully saturated rings. The summed E-state index contributed by atoms with van der Waals surface area (Å²) in [5.74, 6) is 0.144. The number of carboxylic acids is 1. The SMILES string of the molecule is CCC1CCC(NC(CC(=O)O)c2cccs2)CC1. The van der Waals surface area contributed by atoms with Gasteiger partial charge in [0.1, 0.15) is 0 Å². The van der Waals surface area contributed by atoms with Gasteiger partial charge < -0.3 is 10.4 Å². The average Bonchev–Trinajstić information content (AvgIpc) is 2.92. The Balaban J connectivity index is 1.91. The normalized spacial score (nSPS) is 25.1. The van der Waals surface area contributed by atoms with Crippen LogP contribution in [-0.2, 0) is 4.79 Å². The summed E-state index contributed by atoms with van der Waals surface area (Å²) in [6, 6.07) is 4.47. The molecule has 1 unspecified atom stereocenters. The number of thiophene rings is 1. The van der Waals surface area contributed by atoms with E-state index in [-0.39, 0.29) is 12.5 Å². The van der Waals surface area contributed by atoms with Crippen molar-refractivity contribution in [3.8, 4) is 0 Å². The van der Waals surface area contributed by atoms with Gasteiger partial charge >= 0.3 is 5.97 Å². The van der Waals surface area contributed by atoms with Crippen LogP contribution in [0.25, 0.3) is 0 Å². The maximum atomic E-state index is 11.0. The largest absolute Gasteiger partial charge is 0.481 e. The van der Waals surface area contributed by atoms with E-state index in [9.17, 15) is 4.79 Å². The van der Waals surface area contributed by atoms with Crippen LogP contribution in [0.2, 0.25) is 0 Å². The van der Waals surface area contributed by atoms with Crippen molar-refractivity contribution < 1.29 is 9.90 Å². The van der Waals surface area contributed by atoms with Crippen LogP contribution in [0.1, 0.15) is 56.4 Å². The molecule has 1 aliphatic rings. The Bertz CT molecular complexity index is 383. The van der Waals surface area contributed by atoms with Gasteiger partial charge in [0.05, 0.1) is 12.5 Å². The molecule has 2 rings (SSSR count). The molecule has 0 spiro atoms. The molecule has 1 heterocycles. The fourth-order valence-electron chi connectivity index (χ4n) is 2.93. The van der Waals surface area contributed by atoms with Crippen LogP contribution in [0.5, 0.6) is 0 Å². The first-order valence-corrected chi connectivity index (χ1v) is 8.08. The Morgan fingerprint density at radius 2 is 2.21 bits per heavy atom. The van der Waals surface area contributed by atoms with E-state index in [1.807, 2.05) is 17.5 Å². The van der Waals surface area contributed by atoms with Gasteiger partial charge in [-0.15, -0.1) is 11.3 Å². The molecule has 0 saturated heterocycles. The number of carboxylic acid groups (broad SMARTS) is 1. The molecule has 0 bridgehead atoms. The van der Waals surface area contributed by atoms with Gasteiger partial charge in [-0.3, -0.25) is 4.79 Å². The minimum Gasteiger partial charge on any atom is -0.481 e. The second-order valence-electron chi connectivity index (χ2n) is 5.46. The second-order valence-corrected chi connectivity index (χ2v) is 6.44. The van der Waals surface area contributed by atoms with Gasteiger partial charge in [-0.2, -0.15) is 0 Å². The van der Waals surface area contributed by atoms with Crippen molar-refractivity contribution >= 4 is 17.3 Å². The predicted molar refractivity (Wildman–Crippen MR) is 78.5 cm³/mol. The zero-order valence-corrected chi connectivity index (χ0v) is 12.3. The number of hydrogen-bond acceptors (Lipinski definition) is 3. The Labute approximate surface area is 119 Å². The number of rotatable bonds is 6. The van der Waals surface area contributed by atoms with E-state index < -0.39 is 5.97 Å². The average molecular weight is 281 g/mol. The van der Waals surface area contributed by atoms with E-state index in [1.165, 1.54) is 32.1 Å². The summed E-state index contributed by atoms with van der Waals surface area (Å²) in [5, 5.41) is 14.6. The van der Waals surface area contributed by atoms with E-state index in [0.29, 0.717) is 6.04 Å². The summed E-state index contributed by atoms with van der Waals surface area (Å²) in [7, 11) is 0. The summed E-state index contributed by atoms with van der Waals surface area (Å²) in [4.78, 5) is 12.1. The summed E-state index contributed by atoms with van der Waals surface area (Å²) in [6.07, 6.45) is 6.36. The van der Waals surface area contributed by atoms with Crippen LogP contribution in [0.15, 0.2) is 17.5 Å². The van der Waals surface area contributed by atoms with Crippen molar-refractivity contribution in [2.24, 2.45) is 5.92 Å². The van der Waals surface area contributed by atoms with Crippen LogP contribution >= 0.6 is 11.3 Å². The number of nitrogens with one attached hydrogen (secondary N) is 1. The molecule has 4 heteroatoms. The summed E-state index contributed by atoms with van der Waals surface area (Å²) in [6.45, 7) is 2.26. The maximum Gasteiger partial charge on any atom is 0.305 e. The molecule has 1 atom stereocenters. The Morgan fingerprint density at radius 3 is 2.74 bits per heavy atom. The molecule has 0 radical (unpaired) electrons. The van der Waals surface area contributed by atoms with Crippen molar-refractivity contribution in [2.75, 3.05) is 0 Å². The molecule has 106 valence electrons. The first-order valence-electron chi connectivity index (χ1n) is 7.20. The van der Waals surface area contributed by atoms with Crippen molar-refractivity contribution in [1.82, 2.24) is 5.32 Å². The quantitative estimate of drug-likeness (QED) is 0.833. The molecule has 2 N–H and O–H groups in total.